The van der Waals surface area contributed by atoms with Crippen LogP contribution in [0.15, 0.2) is 53.1 Å². The highest BCUT2D eigenvalue weighted by atomic mass is 16.5. The molecule has 140 valence electrons. The molecular formula is C20H21N3O4. The van der Waals surface area contributed by atoms with Crippen LogP contribution in [0.3, 0.4) is 0 Å². The summed E-state index contributed by atoms with van der Waals surface area (Å²) >= 11 is 0. The zero-order valence-electron chi connectivity index (χ0n) is 15.3. The number of hydrogen-bond acceptors (Lipinski definition) is 6. The van der Waals surface area contributed by atoms with Gasteiger partial charge in [-0.2, -0.15) is 4.98 Å². The van der Waals surface area contributed by atoms with Crippen molar-refractivity contribution in [1.29, 1.82) is 0 Å². The van der Waals surface area contributed by atoms with E-state index < -0.39 is 0 Å². The van der Waals surface area contributed by atoms with Gasteiger partial charge in [0.15, 0.2) is 6.61 Å². The third-order valence-electron chi connectivity index (χ3n) is 3.80. The van der Waals surface area contributed by atoms with Gasteiger partial charge in [-0.1, -0.05) is 36.3 Å². The predicted octanol–water partition coefficient (Wildman–Crippen LogP) is 3.72. The lowest BCUT2D eigenvalue weighted by atomic mass is 10.2. The number of carbonyl (C=O) groups is 1. The Balaban J connectivity index is 1.68. The quantitative estimate of drug-likeness (QED) is 0.653. The van der Waals surface area contributed by atoms with Crippen LogP contribution in [-0.4, -0.2) is 29.8 Å². The number of ether oxygens (including phenoxy) is 2. The Morgan fingerprint density at radius 1 is 1.11 bits per heavy atom. The number of methoxy groups -OCH3 is 1. The number of aryl methyl sites for hydroxylation is 1. The van der Waals surface area contributed by atoms with Crippen LogP contribution in [0.4, 0.5) is 5.69 Å². The van der Waals surface area contributed by atoms with E-state index in [4.69, 9.17) is 14.0 Å². The van der Waals surface area contributed by atoms with Crippen molar-refractivity contribution < 1.29 is 18.8 Å². The third kappa shape index (κ3) is 4.63. The number of anilines is 1. The van der Waals surface area contributed by atoms with Crippen LogP contribution in [0.1, 0.15) is 19.2 Å². The average Bonchev–Trinajstić information content (AvgIpc) is 3.16. The number of benzene rings is 2. The fraction of sp³-hybridized carbons (Fsp3) is 0.250. The predicted molar refractivity (Wildman–Crippen MR) is 101 cm³/mol. The second-order valence-corrected chi connectivity index (χ2v) is 5.80. The summed E-state index contributed by atoms with van der Waals surface area (Å²) in [6.45, 7) is 1.88. The van der Waals surface area contributed by atoms with E-state index in [-0.39, 0.29) is 12.5 Å². The molecule has 0 unspecified atom stereocenters. The smallest absolute Gasteiger partial charge is 0.262 e. The molecule has 1 amide bonds. The Bertz CT molecular complexity index is 908. The molecule has 1 aromatic heterocycles. The molecule has 0 aliphatic rings. The van der Waals surface area contributed by atoms with Crippen LogP contribution >= 0.6 is 0 Å². The molecule has 0 saturated heterocycles. The number of nitrogens with zero attached hydrogens (tertiary/aromatic N) is 2. The molecule has 7 heteroatoms. The van der Waals surface area contributed by atoms with Crippen molar-refractivity contribution in [3.05, 3.63) is 54.4 Å². The third-order valence-corrected chi connectivity index (χ3v) is 3.80. The Labute approximate surface area is 157 Å². The summed E-state index contributed by atoms with van der Waals surface area (Å²) in [5.74, 6) is 1.82. The number of rotatable bonds is 8. The monoisotopic (exact) mass is 367 g/mol. The molecule has 0 spiro atoms. The summed E-state index contributed by atoms with van der Waals surface area (Å²) in [5.41, 5.74) is 1.26. The zero-order chi connectivity index (χ0) is 19.1. The first-order chi connectivity index (χ1) is 13.2. The maximum atomic E-state index is 12.2. The number of para-hydroxylation sites is 3. The molecule has 7 nitrogen and oxygen atoms in total. The highest BCUT2D eigenvalue weighted by Crippen LogP contribution is 2.28. The summed E-state index contributed by atoms with van der Waals surface area (Å²) in [7, 11) is 1.55. The topological polar surface area (TPSA) is 86.5 Å². The van der Waals surface area contributed by atoms with Gasteiger partial charge in [0.25, 0.3) is 5.91 Å². The molecular weight excluding hydrogens is 346 g/mol. The number of amides is 1. The molecule has 0 aliphatic heterocycles. The van der Waals surface area contributed by atoms with Crippen LogP contribution in [-0.2, 0) is 11.2 Å². The minimum absolute atomic E-state index is 0.158. The second kappa shape index (κ2) is 8.84. The maximum Gasteiger partial charge on any atom is 0.262 e. The lowest BCUT2D eigenvalue weighted by Gasteiger charge is -2.11. The Kier molecular flexibility index (Phi) is 6.04. The van der Waals surface area contributed by atoms with E-state index in [2.05, 4.69) is 15.5 Å². The van der Waals surface area contributed by atoms with Crippen molar-refractivity contribution in [2.45, 2.75) is 19.8 Å². The van der Waals surface area contributed by atoms with Crippen LogP contribution in [0.2, 0.25) is 0 Å². The van der Waals surface area contributed by atoms with E-state index in [0.29, 0.717) is 34.5 Å². The van der Waals surface area contributed by atoms with Crippen LogP contribution in [0.25, 0.3) is 11.4 Å². The fourth-order valence-corrected chi connectivity index (χ4v) is 2.53. The van der Waals surface area contributed by atoms with Crippen molar-refractivity contribution in [2.24, 2.45) is 0 Å². The molecule has 2 aromatic carbocycles. The largest absolute Gasteiger partial charge is 0.495 e. The van der Waals surface area contributed by atoms with Gasteiger partial charge >= 0.3 is 0 Å². The lowest BCUT2D eigenvalue weighted by molar-refractivity contribution is -0.118. The van der Waals surface area contributed by atoms with Gasteiger partial charge in [-0.15, -0.1) is 0 Å². The molecule has 0 saturated carbocycles. The highest BCUT2D eigenvalue weighted by Gasteiger charge is 2.14. The summed E-state index contributed by atoms with van der Waals surface area (Å²) in [6, 6.07) is 14.5. The minimum Gasteiger partial charge on any atom is -0.495 e. The van der Waals surface area contributed by atoms with E-state index in [9.17, 15) is 4.79 Å². The van der Waals surface area contributed by atoms with Crippen molar-refractivity contribution in [3.8, 4) is 22.9 Å². The standard InChI is InChI=1S/C20H21N3O4/c1-3-8-19-22-20(23-27-19)14-9-4-6-11-16(14)26-13-18(24)21-15-10-5-7-12-17(15)25-2/h4-7,9-12H,3,8,13H2,1-2H3,(H,21,24). The van der Waals surface area contributed by atoms with E-state index in [1.807, 2.05) is 37.3 Å². The molecule has 3 rings (SSSR count). The number of nitrogens with one attached hydrogen (secondary N) is 1. The van der Waals surface area contributed by atoms with Gasteiger partial charge in [0, 0.05) is 6.42 Å². The van der Waals surface area contributed by atoms with Gasteiger partial charge in [0.2, 0.25) is 11.7 Å². The first kappa shape index (κ1) is 18.4. The van der Waals surface area contributed by atoms with Gasteiger partial charge in [-0.05, 0) is 30.7 Å². The van der Waals surface area contributed by atoms with Crippen LogP contribution in [0, 0.1) is 0 Å². The maximum absolute atomic E-state index is 12.2. The zero-order valence-corrected chi connectivity index (χ0v) is 15.3. The molecule has 0 aliphatic carbocycles. The SMILES string of the molecule is CCCc1nc(-c2ccccc2OCC(=O)Nc2ccccc2OC)no1. The van der Waals surface area contributed by atoms with Gasteiger partial charge in [0.1, 0.15) is 11.5 Å². The summed E-state index contributed by atoms with van der Waals surface area (Å²) in [6.07, 6.45) is 1.64. The van der Waals surface area contributed by atoms with Crippen molar-refractivity contribution >= 4 is 11.6 Å². The van der Waals surface area contributed by atoms with Gasteiger partial charge in [0.05, 0.1) is 18.4 Å². The minimum atomic E-state index is -0.297. The first-order valence-corrected chi connectivity index (χ1v) is 8.69. The fourth-order valence-electron chi connectivity index (χ4n) is 2.53. The van der Waals surface area contributed by atoms with E-state index >= 15 is 0 Å². The molecule has 27 heavy (non-hydrogen) atoms. The summed E-state index contributed by atoms with van der Waals surface area (Å²) < 4.78 is 16.2. The average molecular weight is 367 g/mol. The molecule has 1 N–H and O–H groups in total. The van der Waals surface area contributed by atoms with Crippen LogP contribution in [0.5, 0.6) is 11.5 Å². The van der Waals surface area contributed by atoms with Crippen LogP contribution < -0.4 is 14.8 Å². The number of aromatic nitrogens is 2. The number of hydrogen-bond donors (Lipinski definition) is 1. The summed E-state index contributed by atoms with van der Waals surface area (Å²) in [4.78, 5) is 16.6. The molecule has 0 bridgehead atoms. The first-order valence-electron chi connectivity index (χ1n) is 8.69. The van der Waals surface area contributed by atoms with E-state index in [0.717, 1.165) is 12.8 Å². The van der Waals surface area contributed by atoms with Gasteiger partial charge < -0.3 is 19.3 Å². The molecule has 0 fully saturated rings. The lowest BCUT2D eigenvalue weighted by Crippen LogP contribution is -2.20. The van der Waals surface area contributed by atoms with Gasteiger partial charge in [-0.25, -0.2) is 0 Å². The Morgan fingerprint density at radius 3 is 2.63 bits per heavy atom. The molecule has 0 radical (unpaired) electrons. The van der Waals surface area contributed by atoms with Crippen molar-refractivity contribution in [2.75, 3.05) is 19.0 Å². The highest BCUT2D eigenvalue weighted by molar-refractivity contribution is 5.93. The van der Waals surface area contributed by atoms with Gasteiger partial charge in [-0.3, -0.25) is 4.79 Å². The van der Waals surface area contributed by atoms with E-state index in [1.165, 1.54) is 0 Å². The Morgan fingerprint density at radius 2 is 1.85 bits per heavy atom. The molecule has 1 heterocycles. The Hall–Kier alpha value is -3.35. The molecule has 0 atom stereocenters. The second-order valence-electron chi connectivity index (χ2n) is 5.80. The normalized spacial score (nSPS) is 10.4. The number of carbonyl (C=O) groups excluding carboxylic acids is 1. The molecule has 3 aromatic rings. The van der Waals surface area contributed by atoms with Crippen molar-refractivity contribution in [3.63, 3.8) is 0 Å². The van der Waals surface area contributed by atoms with Crippen molar-refractivity contribution in [1.82, 2.24) is 10.1 Å². The summed E-state index contributed by atoms with van der Waals surface area (Å²) in [5, 5.41) is 6.77. The van der Waals surface area contributed by atoms with E-state index in [1.54, 1.807) is 25.3 Å².